The van der Waals surface area contributed by atoms with E-state index in [1.807, 2.05) is 36.4 Å². The largest absolute Gasteiger partial charge is 0.399 e. The third kappa shape index (κ3) is 1.70. The minimum Gasteiger partial charge on any atom is -0.399 e. The fraction of sp³-hybridized carbons (Fsp3) is 0. The van der Waals surface area contributed by atoms with Crippen molar-refractivity contribution in [2.45, 2.75) is 0 Å². The number of hydrogen-bond donors (Lipinski definition) is 1. The van der Waals surface area contributed by atoms with Crippen LogP contribution in [0.15, 0.2) is 42.6 Å². The third-order valence-corrected chi connectivity index (χ3v) is 2.25. The Kier molecular flexibility index (Phi) is 2.37. The summed E-state index contributed by atoms with van der Waals surface area (Å²) in [4.78, 5) is 4.21. The lowest BCUT2D eigenvalue weighted by Gasteiger charge is -2.02. The highest BCUT2D eigenvalue weighted by Crippen LogP contribution is 2.25. The van der Waals surface area contributed by atoms with Crippen LogP contribution in [0.1, 0.15) is 0 Å². The molecule has 1 heterocycles. The molecule has 0 amide bonds. The van der Waals surface area contributed by atoms with Crippen molar-refractivity contribution in [1.29, 1.82) is 0 Å². The Balaban J connectivity index is 2.50. The number of anilines is 1. The molecule has 0 unspecified atom stereocenters. The Morgan fingerprint density at radius 1 is 1.07 bits per heavy atom. The molecule has 2 aromatic rings. The molecule has 0 aliphatic rings. The molecule has 2 N–H and O–H groups in total. The average molecular weight is 205 g/mol. The van der Waals surface area contributed by atoms with Crippen LogP contribution >= 0.6 is 11.6 Å². The zero-order chi connectivity index (χ0) is 9.97. The van der Waals surface area contributed by atoms with Crippen molar-refractivity contribution in [2.24, 2.45) is 0 Å². The van der Waals surface area contributed by atoms with Crippen LogP contribution in [0, 0.1) is 0 Å². The van der Waals surface area contributed by atoms with E-state index in [-0.39, 0.29) is 0 Å². The summed E-state index contributed by atoms with van der Waals surface area (Å²) >= 11 is 6.00. The van der Waals surface area contributed by atoms with E-state index in [0.717, 1.165) is 16.9 Å². The summed E-state index contributed by atoms with van der Waals surface area (Å²) < 4.78 is 0. The molecule has 3 heteroatoms. The van der Waals surface area contributed by atoms with Crippen LogP contribution < -0.4 is 5.73 Å². The Hall–Kier alpha value is -1.54. The van der Waals surface area contributed by atoms with Crippen molar-refractivity contribution in [1.82, 2.24) is 4.98 Å². The number of benzene rings is 1. The normalized spacial score (nSPS) is 10.1. The summed E-state index contributed by atoms with van der Waals surface area (Å²) in [6, 6.07) is 11.1. The van der Waals surface area contributed by atoms with Gasteiger partial charge in [-0.05, 0) is 24.3 Å². The lowest BCUT2D eigenvalue weighted by atomic mass is 10.1. The number of aromatic nitrogens is 1. The molecule has 0 bridgehead atoms. The van der Waals surface area contributed by atoms with Crippen LogP contribution in [0.5, 0.6) is 0 Å². The van der Waals surface area contributed by atoms with Gasteiger partial charge in [0.2, 0.25) is 0 Å². The van der Waals surface area contributed by atoms with Gasteiger partial charge in [-0.15, -0.1) is 0 Å². The van der Waals surface area contributed by atoms with E-state index in [9.17, 15) is 0 Å². The Morgan fingerprint density at radius 3 is 2.43 bits per heavy atom. The number of hydrogen-bond acceptors (Lipinski definition) is 2. The van der Waals surface area contributed by atoms with E-state index in [1.165, 1.54) is 0 Å². The zero-order valence-electron chi connectivity index (χ0n) is 7.44. The molecule has 1 aromatic carbocycles. The topological polar surface area (TPSA) is 38.9 Å². The van der Waals surface area contributed by atoms with Gasteiger partial charge >= 0.3 is 0 Å². The summed E-state index contributed by atoms with van der Waals surface area (Å²) in [6.45, 7) is 0. The molecular formula is C11H9ClN2. The van der Waals surface area contributed by atoms with Crippen molar-refractivity contribution in [3.05, 3.63) is 47.6 Å². The van der Waals surface area contributed by atoms with Crippen LogP contribution in [0.25, 0.3) is 11.3 Å². The van der Waals surface area contributed by atoms with Crippen molar-refractivity contribution in [2.75, 3.05) is 5.73 Å². The number of nitrogens with zero attached hydrogens (tertiary/aromatic N) is 1. The van der Waals surface area contributed by atoms with Crippen LogP contribution in [0.3, 0.4) is 0 Å². The molecule has 1 aromatic heterocycles. The molecule has 0 spiro atoms. The maximum atomic E-state index is 6.00. The molecule has 2 rings (SSSR count). The summed E-state index contributed by atoms with van der Waals surface area (Å²) in [5, 5.41) is 0.650. The number of halogens is 1. The fourth-order valence-corrected chi connectivity index (χ4v) is 1.47. The summed E-state index contributed by atoms with van der Waals surface area (Å²) in [5.74, 6) is 0. The Morgan fingerprint density at radius 2 is 1.79 bits per heavy atom. The van der Waals surface area contributed by atoms with Gasteiger partial charge in [-0.3, -0.25) is 4.98 Å². The van der Waals surface area contributed by atoms with Crippen LogP contribution in [-0.4, -0.2) is 4.98 Å². The predicted octanol–water partition coefficient (Wildman–Crippen LogP) is 2.98. The fourth-order valence-electron chi connectivity index (χ4n) is 1.24. The van der Waals surface area contributed by atoms with Gasteiger partial charge in [-0.25, -0.2) is 0 Å². The highest BCUT2D eigenvalue weighted by Gasteiger charge is 2.02. The van der Waals surface area contributed by atoms with E-state index in [4.69, 9.17) is 17.3 Å². The monoisotopic (exact) mass is 204 g/mol. The van der Waals surface area contributed by atoms with E-state index in [2.05, 4.69) is 4.98 Å². The first-order valence-corrected chi connectivity index (χ1v) is 4.61. The SMILES string of the molecule is Nc1ccc(-c2ncccc2Cl)cc1. The van der Waals surface area contributed by atoms with Gasteiger partial charge in [0.25, 0.3) is 0 Å². The van der Waals surface area contributed by atoms with E-state index < -0.39 is 0 Å². The summed E-state index contributed by atoms with van der Waals surface area (Å²) in [5.41, 5.74) is 8.09. The van der Waals surface area contributed by atoms with Gasteiger partial charge in [0.15, 0.2) is 0 Å². The van der Waals surface area contributed by atoms with Gasteiger partial charge in [0, 0.05) is 17.4 Å². The van der Waals surface area contributed by atoms with Gasteiger partial charge in [0.1, 0.15) is 0 Å². The maximum absolute atomic E-state index is 6.00. The second-order valence-electron chi connectivity index (χ2n) is 2.96. The molecule has 0 aliphatic carbocycles. The zero-order valence-corrected chi connectivity index (χ0v) is 8.20. The molecule has 0 fully saturated rings. The highest BCUT2D eigenvalue weighted by atomic mass is 35.5. The first kappa shape index (κ1) is 9.03. The standard InChI is InChI=1S/C11H9ClN2/c12-10-2-1-7-14-11(10)8-3-5-9(13)6-4-8/h1-7H,13H2. The van der Waals surface area contributed by atoms with E-state index >= 15 is 0 Å². The van der Waals surface area contributed by atoms with Crippen molar-refractivity contribution >= 4 is 17.3 Å². The number of pyridine rings is 1. The van der Waals surface area contributed by atoms with Gasteiger partial charge in [-0.2, -0.15) is 0 Å². The molecule has 0 aliphatic heterocycles. The molecule has 70 valence electrons. The molecule has 0 atom stereocenters. The first-order valence-electron chi connectivity index (χ1n) is 4.24. The molecule has 0 radical (unpaired) electrons. The molecule has 0 saturated heterocycles. The molecular weight excluding hydrogens is 196 g/mol. The molecule has 0 saturated carbocycles. The lowest BCUT2D eigenvalue weighted by molar-refractivity contribution is 1.33. The lowest BCUT2D eigenvalue weighted by Crippen LogP contribution is -1.86. The second kappa shape index (κ2) is 3.68. The molecule has 14 heavy (non-hydrogen) atoms. The van der Waals surface area contributed by atoms with Gasteiger partial charge < -0.3 is 5.73 Å². The van der Waals surface area contributed by atoms with Crippen LogP contribution in [0.4, 0.5) is 5.69 Å². The minimum absolute atomic E-state index is 0.650. The number of rotatable bonds is 1. The highest BCUT2D eigenvalue weighted by molar-refractivity contribution is 6.33. The van der Waals surface area contributed by atoms with Gasteiger partial charge in [-0.1, -0.05) is 23.7 Å². The van der Waals surface area contributed by atoms with Crippen LogP contribution in [-0.2, 0) is 0 Å². The maximum Gasteiger partial charge on any atom is 0.0888 e. The molecule has 2 nitrogen and oxygen atoms in total. The van der Waals surface area contributed by atoms with Crippen molar-refractivity contribution in [3.8, 4) is 11.3 Å². The quantitative estimate of drug-likeness (QED) is 0.726. The van der Waals surface area contributed by atoms with Crippen LogP contribution in [0.2, 0.25) is 5.02 Å². The smallest absolute Gasteiger partial charge is 0.0888 e. The first-order chi connectivity index (χ1) is 6.77. The Bertz CT molecular complexity index is 437. The summed E-state index contributed by atoms with van der Waals surface area (Å²) in [6.07, 6.45) is 1.72. The number of nitrogens with two attached hydrogens (primary N) is 1. The van der Waals surface area contributed by atoms with E-state index in [1.54, 1.807) is 6.20 Å². The average Bonchev–Trinajstić information content (AvgIpc) is 2.20. The Labute approximate surface area is 87.4 Å². The van der Waals surface area contributed by atoms with Crippen molar-refractivity contribution < 1.29 is 0 Å². The van der Waals surface area contributed by atoms with Gasteiger partial charge in [0.05, 0.1) is 10.7 Å². The van der Waals surface area contributed by atoms with Crippen molar-refractivity contribution in [3.63, 3.8) is 0 Å². The number of nitrogen functional groups attached to an aromatic ring is 1. The summed E-state index contributed by atoms with van der Waals surface area (Å²) in [7, 11) is 0. The second-order valence-corrected chi connectivity index (χ2v) is 3.36. The minimum atomic E-state index is 0.650. The van der Waals surface area contributed by atoms with E-state index in [0.29, 0.717) is 5.02 Å². The predicted molar refractivity (Wildman–Crippen MR) is 59.1 cm³/mol. The third-order valence-electron chi connectivity index (χ3n) is 1.94.